The number of hydrazine groups is 1. The molecular formula is C9H10F2N2O2. The molecule has 0 aliphatic heterocycles. The predicted octanol–water partition coefficient (Wildman–Crippen LogP) is 0.471. The molecule has 0 atom stereocenters. The molecule has 0 saturated heterocycles. The van der Waals surface area contributed by atoms with Crippen molar-refractivity contribution in [1.82, 2.24) is 5.43 Å². The Morgan fingerprint density at radius 3 is 2.80 bits per heavy atom. The predicted molar refractivity (Wildman–Crippen MR) is 48.3 cm³/mol. The summed E-state index contributed by atoms with van der Waals surface area (Å²) in [5.74, 6) is 2.92. The molecule has 0 saturated carbocycles. The standard InChI is InChI=1S/C9H10F2N2O2/c10-7-2-1-6(8(11)3-7)4-15-5-9(14)13-12/h1-3H,4-5,12H2,(H,13,14). The fourth-order valence-electron chi connectivity index (χ4n) is 0.934. The highest BCUT2D eigenvalue weighted by molar-refractivity contribution is 5.76. The summed E-state index contributed by atoms with van der Waals surface area (Å²) in [6.07, 6.45) is 0. The Morgan fingerprint density at radius 2 is 2.20 bits per heavy atom. The van der Waals surface area contributed by atoms with E-state index in [2.05, 4.69) is 0 Å². The van der Waals surface area contributed by atoms with Gasteiger partial charge in [-0.05, 0) is 6.07 Å². The van der Waals surface area contributed by atoms with E-state index < -0.39 is 17.5 Å². The normalized spacial score (nSPS) is 10.1. The van der Waals surface area contributed by atoms with Gasteiger partial charge in [-0.1, -0.05) is 6.07 Å². The molecule has 1 rings (SSSR count). The highest BCUT2D eigenvalue weighted by atomic mass is 19.1. The summed E-state index contributed by atoms with van der Waals surface area (Å²) in [5, 5.41) is 0. The van der Waals surface area contributed by atoms with Gasteiger partial charge in [0.2, 0.25) is 0 Å². The molecule has 3 N–H and O–H groups in total. The van der Waals surface area contributed by atoms with Crippen molar-refractivity contribution < 1.29 is 18.3 Å². The topological polar surface area (TPSA) is 64.3 Å². The van der Waals surface area contributed by atoms with E-state index in [0.29, 0.717) is 0 Å². The number of carbonyl (C=O) groups excluding carboxylic acids is 1. The SMILES string of the molecule is NNC(=O)COCc1ccc(F)cc1F. The number of hydrogen-bond acceptors (Lipinski definition) is 3. The number of ether oxygens (including phenoxy) is 1. The monoisotopic (exact) mass is 216 g/mol. The van der Waals surface area contributed by atoms with Crippen LogP contribution in [-0.2, 0) is 16.1 Å². The second-order valence-corrected chi connectivity index (χ2v) is 2.80. The average Bonchev–Trinajstić information content (AvgIpc) is 2.21. The largest absolute Gasteiger partial charge is 0.367 e. The van der Waals surface area contributed by atoms with Crippen molar-refractivity contribution in [1.29, 1.82) is 0 Å². The Kier molecular flexibility index (Phi) is 4.14. The van der Waals surface area contributed by atoms with E-state index in [1.807, 2.05) is 5.43 Å². The van der Waals surface area contributed by atoms with Crippen LogP contribution in [-0.4, -0.2) is 12.5 Å². The van der Waals surface area contributed by atoms with Crippen molar-refractivity contribution >= 4 is 5.91 Å². The quantitative estimate of drug-likeness (QED) is 0.437. The van der Waals surface area contributed by atoms with Crippen molar-refractivity contribution in [3.63, 3.8) is 0 Å². The van der Waals surface area contributed by atoms with Crippen LogP contribution in [0.5, 0.6) is 0 Å². The zero-order chi connectivity index (χ0) is 11.3. The number of carbonyl (C=O) groups is 1. The van der Waals surface area contributed by atoms with Crippen LogP contribution >= 0.6 is 0 Å². The Hall–Kier alpha value is -1.53. The van der Waals surface area contributed by atoms with Gasteiger partial charge in [0.05, 0.1) is 6.61 Å². The van der Waals surface area contributed by atoms with Gasteiger partial charge in [-0.2, -0.15) is 0 Å². The third-order valence-corrected chi connectivity index (χ3v) is 1.67. The minimum Gasteiger partial charge on any atom is -0.367 e. The first-order valence-electron chi connectivity index (χ1n) is 4.14. The molecule has 0 heterocycles. The molecule has 0 unspecified atom stereocenters. The summed E-state index contributed by atoms with van der Waals surface area (Å²) in [7, 11) is 0. The van der Waals surface area contributed by atoms with Gasteiger partial charge in [-0.15, -0.1) is 0 Å². The van der Waals surface area contributed by atoms with E-state index >= 15 is 0 Å². The fourth-order valence-corrected chi connectivity index (χ4v) is 0.934. The Labute approximate surface area is 85.0 Å². The molecule has 6 heteroatoms. The van der Waals surface area contributed by atoms with Crippen LogP contribution in [0, 0.1) is 11.6 Å². The van der Waals surface area contributed by atoms with Crippen molar-refractivity contribution in [2.45, 2.75) is 6.61 Å². The molecule has 0 aromatic heterocycles. The lowest BCUT2D eigenvalue weighted by Gasteiger charge is -2.04. The minimum atomic E-state index is -0.705. The van der Waals surface area contributed by atoms with Crippen LogP contribution in [0.25, 0.3) is 0 Å². The van der Waals surface area contributed by atoms with E-state index in [-0.39, 0.29) is 18.8 Å². The van der Waals surface area contributed by atoms with E-state index in [1.54, 1.807) is 0 Å². The number of halogens is 2. The molecule has 0 spiro atoms. The van der Waals surface area contributed by atoms with Gasteiger partial charge in [0.1, 0.15) is 18.2 Å². The van der Waals surface area contributed by atoms with Crippen molar-refractivity contribution in [3.05, 3.63) is 35.4 Å². The number of nitrogens with one attached hydrogen (secondary N) is 1. The fraction of sp³-hybridized carbons (Fsp3) is 0.222. The van der Waals surface area contributed by atoms with Gasteiger partial charge in [0.25, 0.3) is 5.91 Å². The Bertz CT molecular complexity index is 358. The molecule has 1 amide bonds. The average molecular weight is 216 g/mol. The van der Waals surface area contributed by atoms with Crippen LogP contribution in [0.1, 0.15) is 5.56 Å². The molecule has 0 aliphatic carbocycles. The third-order valence-electron chi connectivity index (χ3n) is 1.67. The molecular weight excluding hydrogens is 206 g/mol. The maximum absolute atomic E-state index is 13.0. The Morgan fingerprint density at radius 1 is 1.47 bits per heavy atom. The first-order chi connectivity index (χ1) is 7.13. The minimum absolute atomic E-state index is 0.112. The molecule has 0 radical (unpaired) electrons. The molecule has 1 aromatic carbocycles. The summed E-state index contributed by atoms with van der Waals surface area (Å²) in [5.41, 5.74) is 2.04. The van der Waals surface area contributed by atoms with E-state index in [9.17, 15) is 13.6 Å². The first-order valence-corrected chi connectivity index (χ1v) is 4.14. The molecule has 4 nitrogen and oxygen atoms in total. The van der Waals surface area contributed by atoms with Crippen LogP contribution in [0.15, 0.2) is 18.2 Å². The highest BCUT2D eigenvalue weighted by Crippen LogP contribution is 2.10. The number of benzene rings is 1. The smallest absolute Gasteiger partial charge is 0.259 e. The molecule has 0 aliphatic rings. The van der Waals surface area contributed by atoms with Gasteiger partial charge in [-0.3, -0.25) is 10.2 Å². The lowest BCUT2D eigenvalue weighted by atomic mass is 10.2. The van der Waals surface area contributed by atoms with E-state index in [1.165, 1.54) is 6.07 Å². The van der Waals surface area contributed by atoms with Crippen LogP contribution in [0.3, 0.4) is 0 Å². The number of hydrogen-bond donors (Lipinski definition) is 2. The van der Waals surface area contributed by atoms with Crippen molar-refractivity contribution in [3.8, 4) is 0 Å². The summed E-state index contributed by atoms with van der Waals surface area (Å²) < 4.78 is 30.3. The lowest BCUT2D eigenvalue weighted by Crippen LogP contribution is -2.33. The van der Waals surface area contributed by atoms with Gasteiger partial charge in [0, 0.05) is 11.6 Å². The van der Waals surface area contributed by atoms with Crippen LogP contribution < -0.4 is 11.3 Å². The number of rotatable bonds is 4. The van der Waals surface area contributed by atoms with Gasteiger partial charge < -0.3 is 4.74 Å². The zero-order valence-corrected chi connectivity index (χ0v) is 7.80. The van der Waals surface area contributed by atoms with E-state index in [4.69, 9.17) is 10.6 Å². The molecule has 15 heavy (non-hydrogen) atoms. The second kappa shape index (κ2) is 5.38. The van der Waals surface area contributed by atoms with Crippen molar-refractivity contribution in [2.24, 2.45) is 5.84 Å². The van der Waals surface area contributed by atoms with Crippen molar-refractivity contribution in [2.75, 3.05) is 6.61 Å². The lowest BCUT2D eigenvalue weighted by molar-refractivity contribution is -0.126. The van der Waals surface area contributed by atoms with E-state index in [0.717, 1.165) is 12.1 Å². The van der Waals surface area contributed by atoms with Crippen LogP contribution in [0.4, 0.5) is 8.78 Å². The number of amides is 1. The van der Waals surface area contributed by atoms with Gasteiger partial charge in [0.15, 0.2) is 0 Å². The molecule has 0 fully saturated rings. The first kappa shape index (κ1) is 11.5. The Balaban J connectivity index is 2.47. The van der Waals surface area contributed by atoms with Crippen LogP contribution in [0.2, 0.25) is 0 Å². The zero-order valence-electron chi connectivity index (χ0n) is 7.80. The van der Waals surface area contributed by atoms with Gasteiger partial charge >= 0.3 is 0 Å². The maximum Gasteiger partial charge on any atom is 0.259 e. The molecule has 1 aromatic rings. The highest BCUT2D eigenvalue weighted by Gasteiger charge is 2.05. The summed E-state index contributed by atoms with van der Waals surface area (Å²) in [6, 6.07) is 3.12. The number of nitrogens with two attached hydrogens (primary N) is 1. The second-order valence-electron chi connectivity index (χ2n) is 2.80. The summed E-state index contributed by atoms with van der Waals surface area (Å²) in [6.45, 7) is -0.382. The molecule has 0 bridgehead atoms. The summed E-state index contributed by atoms with van der Waals surface area (Å²) >= 11 is 0. The summed E-state index contributed by atoms with van der Waals surface area (Å²) in [4.78, 5) is 10.6. The van der Waals surface area contributed by atoms with Gasteiger partial charge in [-0.25, -0.2) is 14.6 Å². The maximum atomic E-state index is 13.0. The third kappa shape index (κ3) is 3.61. The molecule has 82 valence electrons.